The molecule has 24 heavy (non-hydrogen) atoms. The Morgan fingerprint density at radius 2 is 1.71 bits per heavy atom. The maximum Gasteiger partial charge on any atom is 0.225 e. The van der Waals surface area contributed by atoms with Crippen LogP contribution >= 0.6 is 11.6 Å². The summed E-state index contributed by atoms with van der Waals surface area (Å²) in [5.74, 6) is 5.65. The van der Waals surface area contributed by atoms with E-state index in [2.05, 4.69) is 22.5 Å². The smallest absolute Gasteiger partial charge is 0.225 e. The highest BCUT2D eigenvalue weighted by molar-refractivity contribution is 6.30. The van der Waals surface area contributed by atoms with Crippen LogP contribution in [-0.2, 0) is 16.0 Å². The Balaban J connectivity index is 1.79. The molecule has 0 saturated heterocycles. The molecule has 2 rings (SSSR count). The molecule has 0 atom stereocenters. The molecule has 0 fully saturated rings. The highest BCUT2D eigenvalue weighted by Crippen LogP contribution is 2.10. The van der Waals surface area contributed by atoms with Gasteiger partial charge in [0.15, 0.2) is 0 Å². The minimum Gasteiger partial charge on any atom is -0.345 e. The Labute approximate surface area is 146 Å². The fourth-order valence-electron chi connectivity index (χ4n) is 1.98. The van der Waals surface area contributed by atoms with Crippen molar-refractivity contribution in [3.8, 4) is 11.8 Å². The van der Waals surface area contributed by atoms with Gasteiger partial charge in [0, 0.05) is 23.2 Å². The number of amides is 2. The molecule has 0 unspecified atom stereocenters. The lowest BCUT2D eigenvalue weighted by Gasteiger charge is -2.02. The summed E-state index contributed by atoms with van der Waals surface area (Å²) in [5.41, 5.74) is 2.44. The van der Waals surface area contributed by atoms with Crippen molar-refractivity contribution in [1.29, 1.82) is 0 Å². The molecule has 0 aromatic heterocycles. The average molecular weight is 341 g/mol. The molecule has 0 radical (unpaired) electrons. The van der Waals surface area contributed by atoms with E-state index >= 15 is 0 Å². The average Bonchev–Trinajstić information content (AvgIpc) is 2.55. The quantitative estimate of drug-likeness (QED) is 0.841. The molecule has 2 amide bonds. The number of anilines is 1. The third-order valence-electron chi connectivity index (χ3n) is 3.09. The second kappa shape index (κ2) is 8.76. The van der Waals surface area contributed by atoms with Crippen molar-refractivity contribution in [2.75, 3.05) is 11.9 Å². The van der Waals surface area contributed by atoms with Crippen molar-refractivity contribution in [3.05, 3.63) is 64.7 Å². The Morgan fingerprint density at radius 1 is 1.04 bits per heavy atom. The Bertz CT molecular complexity index is 772. The fourth-order valence-corrected chi connectivity index (χ4v) is 2.11. The first-order valence-corrected chi connectivity index (χ1v) is 7.78. The molecule has 5 heteroatoms. The number of nitrogens with one attached hydrogen (secondary N) is 2. The number of carbonyl (C=O) groups is 2. The van der Waals surface area contributed by atoms with Gasteiger partial charge in [0.25, 0.3) is 0 Å². The van der Waals surface area contributed by atoms with Gasteiger partial charge in [-0.2, -0.15) is 0 Å². The zero-order valence-electron chi connectivity index (χ0n) is 13.2. The molecule has 2 N–H and O–H groups in total. The van der Waals surface area contributed by atoms with Gasteiger partial charge in [0.1, 0.15) is 0 Å². The first-order chi connectivity index (χ1) is 11.5. The van der Waals surface area contributed by atoms with Gasteiger partial charge in [-0.15, -0.1) is 0 Å². The van der Waals surface area contributed by atoms with Crippen LogP contribution < -0.4 is 10.6 Å². The fraction of sp³-hybridized carbons (Fsp3) is 0.158. The molecule has 0 heterocycles. The zero-order valence-corrected chi connectivity index (χ0v) is 14.0. The van der Waals surface area contributed by atoms with Crippen molar-refractivity contribution >= 4 is 29.1 Å². The maximum atomic E-state index is 11.8. The van der Waals surface area contributed by atoms with Crippen LogP contribution in [0.15, 0.2) is 48.5 Å². The highest BCUT2D eigenvalue weighted by Gasteiger charge is 2.01. The number of rotatable bonds is 4. The van der Waals surface area contributed by atoms with Crippen LogP contribution in [0.2, 0.25) is 5.02 Å². The highest BCUT2D eigenvalue weighted by atomic mass is 35.5. The van der Waals surface area contributed by atoms with E-state index in [1.807, 2.05) is 24.3 Å². The second-order valence-electron chi connectivity index (χ2n) is 5.14. The van der Waals surface area contributed by atoms with Gasteiger partial charge in [-0.25, -0.2) is 0 Å². The molecular weight excluding hydrogens is 324 g/mol. The Kier molecular flexibility index (Phi) is 6.41. The van der Waals surface area contributed by atoms with Crippen LogP contribution in [0.4, 0.5) is 5.69 Å². The van der Waals surface area contributed by atoms with E-state index in [4.69, 9.17) is 11.6 Å². The van der Waals surface area contributed by atoms with E-state index in [0.29, 0.717) is 11.4 Å². The van der Waals surface area contributed by atoms with Gasteiger partial charge in [0.05, 0.1) is 13.0 Å². The minimum absolute atomic E-state index is 0.0902. The molecule has 0 aliphatic rings. The summed E-state index contributed by atoms with van der Waals surface area (Å²) < 4.78 is 0. The van der Waals surface area contributed by atoms with Gasteiger partial charge in [-0.05, 0) is 42.0 Å². The van der Waals surface area contributed by atoms with E-state index < -0.39 is 0 Å². The topological polar surface area (TPSA) is 58.2 Å². The van der Waals surface area contributed by atoms with E-state index in [1.54, 1.807) is 24.3 Å². The van der Waals surface area contributed by atoms with E-state index in [9.17, 15) is 9.59 Å². The lowest BCUT2D eigenvalue weighted by molar-refractivity contribution is -0.120. The zero-order chi connectivity index (χ0) is 17.4. The SMILES string of the molecule is CC(=O)Nc1ccc(C#CCNC(=O)Cc2ccc(Cl)cc2)cc1. The number of carbonyl (C=O) groups excluding carboxylic acids is 2. The summed E-state index contributed by atoms with van der Waals surface area (Å²) in [7, 11) is 0. The first-order valence-electron chi connectivity index (χ1n) is 7.40. The summed E-state index contributed by atoms with van der Waals surface area (Å²) >= 11 is 5.80. The molecule has 0 aliphatic carbocycles. The predicted octanol–water partition coefficient (Wildman–Crippen LogP) is 3.01. The molecule has 2 aromatic rings. The van der Waals surface area contributed by atoms with Gasteiger partial charge >= 0.3 is 0 Å². The molecule has 122 valence electrons. The van der Waals surface area contributed by atoms with Crippen LogP contribution in [0, 0.1) is 11.8 Å². The summed E-state index contributed by atoms with van der Waals surface area (Å²) in [5, 5.41) is 6.09. The predicted molar refractivity (Wildman–Crippen MR) is 95.8 cm³/mol. The van der Waals surface area contributed by atoms with E-state index in [0.717, 1.165) is 16.8 Å². The number of hydrogen-bond acceptors (Lipinski definition) is 2. The van der Waals surface area contributed by atoms with Crippen molar-refractivity contribution in [1.82, 2.24) is 5.32 Å². The number of benzene rings is 2. The number of hydrogen-bond donors (Lipinski definition) is 2. The molecule has 0 bridgehead atoms. The molecule has 0 spiro atoms. The third kappa shape index (κ3) is 6.15. The third-order valence-corrected chi connectivity index (χ3v) is 3.34. The lowest BCUT2D eigenvalue weighted by Crippen LogP contribution is -2.25. The molecule has 2 aromatic carbocycles. The molecule has 0 aliphatic heterocycles. The normalized spacial score (nSPS) is 9.58. The van der Waals surface area contributed by atoms with Gasteiger partial charge in [-0.1, -0.05) is 35.6 Å². The first kappa shape index (κ1) is 17.6. The molecular formula is C19H17ClN2O2. The van der Waals surface area contributed by atoms with Crippen molar-refractivity contribution in [2.45, 2.75) is 13.3 Å². The van der Waals surface area contributed by atoms with Crippen LogP contribution in [0.1, 0.15) is 18.1 Å². The number of halogens is 1. The largest absolute Gasteiger partial charge is 0.345 e. The molecule has 4 nitrogen and oxygen atoms in total. The minimum atomic E-state index is -0.114. The van der Waals surface area contributed by atoms with Crippen LogP contribution in [0.3, 0.4) is 0 Å². The monoisotopic (exact) mass is 340 g/mol. The van der Waals surface area contributed by atoms with Crippen molar-refractivity contribution < 1.29 is 9.59 Å². The second-order valence-corrected chi connectivity index (χ2v) is 5.58. The summed E-state index contributed by atoms with van der Waals surface area (Å²) in [6.45, 7) is 1.74. The van der Waals surface area contributed by atoms with Gasteiger partial charge in [0.2, 0.25) is 11.8 Å². The van der Waals surface area contributed by atoms with Gasteiger partial charge < -0.3 is 10.6 Å². The standard InChI is InChI=1S/C19H17ClN2O2/c1-14(23)22-18-10-6-15(7-11-18)3-2-12-21-19(24)13-16-4-8-17(20)9-5-16/h4-11H,12-13H2,1H3,(H,21,24)(H,22,23). The maximum absolute atomic E-state index is 11.8. The van der Waals surface area contributed by atoms with Crippen molar-refractivity contribution in [3.63, 3.8) is 0 Å². The molecule has 0 saturated carbocycles. The lowest BCUT2D eigenvalue weighted by atomic mass is 10.1. The Hall–Kier alpha value is -2.77. The van der Waals surface area contributed by atoms with E-state index in [-0.39, 0.29) is 18.4 Å². The van der Waals surface area contributed by atoms with Crippen molar-refractivity contribution in [2.24, 2.45) is 0 Å². The Morgan fingerprint density at radius 3 is 2.33 bits per heavy atom. The van der Waals surface area contributed by atoms with Crippen LogP contribution in [0.25, 0.3) is 0 Å². The van der Waals surface area contributed by atoms with Crippen LogP contribution in [0.5, 0.6) is 0 Å². The van der Waals surface area contributed by atoms with Crippen LogP contribution in [-0.4, -0.2) is 18.4 Å². The summed E-state index contributed by atoms with van der Waals surface area (Å²) in [6.07, 6.45) is 0.296. The van der Waals surface area contributed by atoms with E-state index in [1.165, 1.54) is 6.92 Å². The summed E-state index contributed by atoms with van der Waals surface area (Å²) in [6, 6.07) is 14.4. The summed E-state index contributed by atoms with van der Waals surface area (Å²) in [4.78, 5) is 22.7. The van der Waals surface area contributed by atoms with Gasteiger partial charge in [-0.3, -0.25) is 9.59 Å².